The monoisotopic (exact) mass is 277 g/mol. The van der Waals surface area contributed by atoms with Gasteiger partial charge < -0.3 is 10.2 Å². The first kappa shape index (κ1) is 16.1. The van der Waals surface area contributed by atoms with Crippen LogP contribution in [0.4, 0.5) is 0 Å². The fourth-order valence-electron chi connectivity index (χ4n) is 1.67. The molecule has 5 heteroatoms. The number of amides is 2. The Kier molecular flexibility index (Phi) is 6.70. The van der Waals surface area contributed by atoms with Crippen molar-refractivity contribution >= 4 is 11.8 Å². The molecule has 0 unspecified atom stereocenters. The Morgan fingerprint density at radius 3 is 2.55 bits per heavy atom. The summed E-state index contributed by atoms with van der Waals surface area (Å²) in [6.07, 6.45) is 5.02. The maximum atomic E-state index is 11.8. The summed E-state index contributed by atoms with van der Waals surface area (Å²) in [6.45, 7) is 5.21. The largest absolute Gasteiger partial charge is 0.348 e. The molecule has 0 atom stereocenters. The molecule has 1 rings (SSSR count). The van der Waals surface area contributed by atoms with E-state index in [1.165, 1.54) is 4.90 Å². The highest BCUT2D eigenvalue weighted by Gasteiger charge is 2.17. The summed E-state index contributed by atoms with van der Waals surface area (Å²) in [4.78, 5) is 28.9. The van der Waals surface area contributed by atoms with Gasteiger partial charge in [-0.3, -0.25) is 14.6 Å². The van der Waals surface area contributed by atoms with Crippen LogP contribution in [0.5, 0.6) is 0 Å². The summed E-state index contributed by atoms with van der Waals surface area (Å²) in [7, 11) is 1.64. The molecule has 0 fully saturated rings. The van der Waals surface area contributed by atoms with Gasteiger partial charge in [0.05, 0.1) is 0 Å². The summed E-state index contributed by atoms with van der Waals surface area (Å²) in [5, 5.41) is 2.65. The molecule has 1 aromatic heterocycles. The van der Waals surface area contributed by atoms with E-state index in [-0.39, 0.29) is 0 Å². The Morgan fingerprint density at radius 2 is 1.95 bits per heavy atom. The van der Waals surface area contributed by atoms with Crippen molar-refractivity contribution in [2.75, 3.05) is 20.1 Å². The molecule has 1 aromatic rings. The summed E-state index contributed by atoms with van der Waals surface area (Å²) in [5.41, 5.74) is 1.10. The standard InChI is InChI=1S/C15H23N3O2/c1-12(2)4-10-17-14(19)15(20)18(3)11-7-13-5-8-16-9-6-13/h5-6,8-9,12H,4,7,10-11H2,1-3H3,(H,17,19). The third-order valence-corrected chi connectivity index (χ3v) is 3.03. The summed E-state index contributed by atoms with van der Waals surface area (Å²) < 4.78 is 0. The molecule has 0 aliphatic heterocycles. The first-order valence-electron chi connectivity index (χ1n) is 6.93. The van der Waals surface area contributed by atoms with Crippen molar-refractivity contribution in [3.8, 4) is 0 Å². The first-order chi connectivity index (χ1) is 9.50. The fourth-order valence-corrected chi connectivity index (χ4v) is 1.67. The molecule has 0 spiro atoms. The fraction of sp³-hybridized carbons (Fsp3) is 0.533. The van der Waals surface area contributed by atoms with Crippen LogP contribution >= 0.6 is 0 Å². The van der Waals surface area contributed by atoms with Gasteiger partial charge in [-0.1, -0.05) is 13.8 Å². The van der Waals surface area contributed by atoms with Gasteiger partial charge in [0.2, 0.25) is 0 Å². The van der Waals surface area contributed by atoms with Crippen LogP contribution in [-0.4, -0.2) is 41.8 Å². The van der Waals surface area contributed by atoms with Crippen LogP contribution in [0, 0.1) is 5.92 Å². The van der Waals surface area contributed by atoms with Crippen LogP contribution < -0.4 is 5.32 Å². The van der Waals surface area contributed by atoms with Crippen LogP contribution in [0.2, 0.25) is 0 Å². The first-order valence-corrected chi connectivity index (χ1v) is 6.93. The van der Waals surface area contributed by atoms with Crippen LogP contribution in [0.25, 0.3) is 0 Å². The molecule has 0 aliphatic rings. The van der Waals surface area contributed by atoms with E-state index in [0.29, 0.717) is 25.4 Å². The third-order valence-electron chi connectivity index (χ3n) is 3.03. The van der Waals surface area contributed by atoms with Crippen molar-refractivity contribution < 1.29 is 9.59 Å². The molecule has 0 aliphatic carbocycles. The average molecular weight is 277 g/mol. The molecule has 20 heavy (non-hydrogen) atoms. The molecule has 0 saturated heterocycles. The number of hydrogen-bond donors (Lipinski definition) is 1. The number of rotatable bonds is 6. The predicted octanol–water partition coefficient (Wildman–Crippen LogP) is 1.24. The van der Waals surface area contributed by atoms with Crippen molar-refractivity contribution in [1.29, 1.82) is 0 Å². The molecule has 0 saturated carbocycles. The number of carbonyl (C=O) groups is 2. The smallest absolute Gasteiger partial charge is 0.311 e. The number of nitrogens with one attached hydrogen (secondary N) is 1. The number of carbonyl (C=O) groups excluding carboxylic acids is 2. The Labute approximate surface area is 120 Å². The minimum atomic E-state index is -0.525. The maximum Gasteiger partial charge on any atom is 0.311 e. The van der Waals surface area contributed by atoms with Crippen LogP contribution in [0.3, 0.4) is 0 Å². The highest BCUT2D eigenvalue weighted by atomic mass is 16.2. The van der Waals surface area contributed by atoms with Crippen molar-refractivity contribution in [3.05, 3.63) is 30.1 Å². The van der Waals surface area contributed by atoms with Gasteiger partial charge in [-0.2, -0.15) is 0 Å². The van der Waals surface area contributed by atoms with E-state index < -0.39 is 11.8 Å². The molecule has 0 bridgehead atoms. The Morgan fingerprint density at radius 1 is 1.30 bits per heavy atom. The molecule has 2 amide bonds. The number of hydrogen-bond acceptors (Lipinski definition) is 3. The quantitative estimate of drug-likeness (QED) is 0.796. The zero-order valence-corrected chi connectivity index (χ0v) is 12.4. The molecule has 0 aromatic carbocycles. The summed E-state index contributed by atoms with van der Waals surface area (Å²) in [6, 6.07) is 3.81. The Hall–Kier alpha value is -1.91. The molecular weight excluding hydrogens is 254 g/mol. The van der Waals surface area contributed by atoms with E-state index in [9.17, 15) is 9.59 Å². The second-order valence-electron chi connectivity index (χ2n) is 5.27. The van der Waals surface area contributed by atoms with Gasteiger partial charge in [0.15, 0.2) is 0 Å². The van der Waals surface area contributed by atoms with Gasteiger partial charge in [0, 0.05) is 32.5 Å². The average Bonchev–Trinajstić information content (AvgIpc) is 2.44. The van der Waals surface area contributed by atoms with E-state index >= 15 is 0 Å². The highest BCUT2D eigenvalue weighted by molar-refractivity contribution is 6.34. The lowest BCUT2D eigenvalue weighted by Crippen LogP contribution is -2.42. The molecule has 1 N–H and O–H groups in total. The topological polar surface area (TPSA) is 62.3 Å². The van der Waals surface area contributed by atoms with E-state index in [2.05, 4.69) is 24.1 Å². The Bertz CT molecular complexity index is 432. The second-order valence-corrected chi connectivity index (χ2v) is 5.27. The minimum Gasteiger partial charge on any atom is -0.348 e. The lowest BCUT2D eigenvalue weighted by Gasteiger charge is -2.16. The van der Waals surface area contributed by atoms with Gasteiger partial charge in [-0.15, -0.1) is 0 Å². The highest BCUT2D eigenvalue weighted by Crippen LogP contribution is 2.00. The Balaban J connectivity index is 2.33. The van der Waals surface area contributed by atoms with Crippen LogP contribution in [0.15, 0.2) is 24.5 Å². The third kappa shape index (κ3) is 5.82. The van der Waals surface area contributed by atoms with Gasteiger partial charge >= 0.3 is 11.8 Å². The molecule has 1 heterocycles. The number of likely N-dealkylation sites (N-methyl/N-ethyl adjacent to an activating group) is 1. The lowest BCUT2D eigenvalue weighted by atomic mass is 10.1. The summed E-state index contributed by atoms with van der Waals surface area (Å²) in [5.74, 6) is -0.500. The maximum absolute atomic E-state index is 11.8. The zero-order valence-electron chi connectivity index (χ0n) is 12.4. The second kappa shape index (κ2) is 8.30. The number of pyridine rings is 1. The molecule has 110 valence electrons. The van der Waals surface area contributed by atoms with Crippen molar-refractivity contribution in [3.63, 3.8) is 0 Å². The van der Waals surface area contributed by atoms with E-state index in [4.69, 9.17) is 0 Å². The molecule has 5 nitrogen and oxygen atoms in total. The van der Waals surface area contributed by atoms with Crippen LogP contribution in [-0.2, 0) is 16.0 Å². The normalized spacial score (nSPS) is 10.4. The van der Waals surface area contributed by atoms with Gasteiger partial charge in [-0.25, -0.2) is 0 Å². The van der Waals surface area contributed by atoms with Crippen LogP contribution in [0.1, 0.15) is 25.8 Å². The van der Waals surface area contributed by atoms with Crippen molar-refractivity contribution in [1.82, 2.24) is 15.2 Å². The van der Waals surface area contributed by atoms with Gasteiger partial charge in [-0.05, 0) is 36.5 Å². The van der Waals surface area contributed by atoms with E-state index in [1.807, 2.05) is 12.1 Å². The lowest BCUT2D eigenvalue weighted by molar-refractivity contribution is -0.144. The number of nitrogens with zero attached hydrogens (tertiary/aromatic N) is 2. The SMILES string of the molecule is CC(C)CCNC(=O)C(=O)N(C)CCc1ccncc1. The molecular formula is C15H23N3O2. The summed E-state index contributed by atoms with van der Waals surface area (Å²) >= 11 is 0. The number of aromatic nitrogens is 1. The van der Waals surface area contributed by atoms with E-state index in [1.54, 1.807) is 19.4 Å². The van der Waals surface area contributed by atoms with E-state index in [0.717, 1.165) is 12.0 Å². The van der Waals surface area contributed by atoms with Crippen molar-refractivity contribution in [2.24, 2.45) is 5.92 Å². The van der Waals surface area contributed by atoms with Gasteiger partial charge in [0.25, 0.3) is 0 Å². The molecule has 0 radical (unpaired) electrons. The predicted molar refractivity (Wildman–Crippen MR) is 78.0 cm³/mol. The zero-order chi connectivity index (χ0) is 15.0. The minimum absolute atomic E-state index is 0.484. The van der Waals surface area contributed by atoms with Gasteiger partial charge in [0.1, 0.15) is 0 Å². The van der Waals surface area contributed by atoms with Crippen molar-refractivity contribution in [2.45, 2.75) is 26.7 Å².